The van der Waals surface area contributed by atoms with Crippen LogP contribution in [0.25, 0.3) is 5.57 Å². The number of allylic oxidation sites excluding steroid dienone is 2. The maximum Gasteiger partial charge on any atom is 0.0567 e. The highest BCUT2D eigenvalue weighted by Crippen LogP contribution is 2.30. The average molecular weight is 176 g/mol. The lowest BCUT2D eigenvalue weighted by Crippen LogP contribution is -2.06. The van der Waals surface area contributed by atoms with Gasteiger partial charge in [0.25, 0.3) is 0 Å². The fourth-order valence-corrected chi connectivity index (χ4v) is 2.02. The Morgan fingerprint density at radius 3 is 2.92 bits per heavy atom. The normalized spacial score (nSPS) is 15.8. The smallest absolute Gasteiger partial charge is 0.0567 e. The Labute approximate surface area is 79.3 Å². The predicted molar refractivity (Wildman–Crippen MR) is 54.3 cm³/mol. The molecule has 0 fully saturated rings. The quantitative estimate of drug-likeness (QED) is 0.642. The van der Waals surface area contributed by atoms with E-state index in [4.69, 9.17) is 0 Å². The molecule has 0 atom stereocenters. The Bertz CT molecular complexity index is 345. The molecule has 2 rings (SSSR count). The van der Waals surface area contributed by atoms with E-state index in [-0.39, 0.29) is 0 Å². The third-order valence-electron chi connectivity index (χ3n) is 2.74. The molecule has 1 aliphatic rings. The molecule has 0 radical (unpaired) electrons. The van der Waals surface area contributed by atoms with Crippen LogP contribution in [0.4, 0.5) is 0 Å². The minimum Gasteiger partial charge on any atom is -0.272 e. The molecule has 0 N–H and O–H groups in total. The summed E-state index contributed by atoms with van der Waals surface area (Å²) < 4.78 is 2.00. The summed E-state index contributed by atoms with van der Waals surface area (Å²) in [6, 6.07) is 0. The zero-order chi connectivity index (χ0) is 9.42. The van der Waals surface area contributed by atoms with Gasteiger partial charge < -0.3 is 0 Å². The van der Waals surface area contributed by atoms with Crippen molar-refractivity contribution in [1.82, 2.24) is 9.78 Å². The molecule has 0 amide bonds. The van der Waals surface area contributed by atoms with Crippen molar-refractivity contribution in [2.45, 2.75) is 26.7 Å². The number of fused-ring (bicyclic) bond motifs is 1. The van der Waals surface area contributed by atoms with Gasteiger partial charge in [0.2, 0.25) is 0 Å². The first-order chi connectivity index (χ1) is 6.20. The van der Waals surface area contributed by atoms with Crippen LogP contribution in [0.2, 0.25) is 0 Å². The minimum atomic E-state index is 0.614. The molecular weight excluding hydrogens is 160 g/mol. The molecule has 0 unspecified atom stereocenters. The molecule has 0 saturated heterocycles. The van der Waals surface area contributed by atoms with Crippen molar-refractivity contribution in [1.29, 1.82) is 0 Å². The van der Waals surface area contributed by atoms with Gasteiger partial charge in [-0.1, -0.05) is 19.9 Å². The first-order valence-corrected chi connectivity index (χ1v) is 4.91. The lowest BCUT2D eigenvalue weighted by atomic mass is 9.89. The maximum atomic E-state index is 4.31. The second kappa shape index (κ2) is 3.02. The Morgan fingerprint density at radius 1 is 1.46 bits per heavy atom. The topological polar surface area (TPSA) is 17.8 Å². The van der Waals surface area contributed by atoms with Crippen molar-refractivity contribution in [3.05, 3.63) is 23.5 Å². The monoisotopic (exact) mass is 176 g/mol. The van der Waals surface area contributed by atoms with Crippen molar-refractivity contribution in [3.63, 3.8) is 0 Å². The van der Waals surface area contributed by atoms with E-state index in [1.807, 2.05) is 17.9 Å². The van der Waals surface area contributed by atoms with Gasteiger partial charge in [0, 0.05) is 18.3 Å². The van der Waals surface area contributed by atoms with E-state index in [1.54, 1.807) is 0 Å². The van der Waals surface area contributed by atoms with Crippen LogP contribution in [0.1, 0.15) is 31.5 Å². The standard InChI is InChI=1S/C11H16N2/c1-8(2)9-5-4-6-11-10(9)7-12-13(11)3/h5,7-8H,4,6H2,1-3H3. The molecule has 1 aromatic heterocycles. The number of aromatic nitrogens is 2. The van der Waals surface area contributed by atoms with Gasteiger partial charge in [0.15, 0.2) is 0 Å². The predicted octanol–water partition coefficient (Wildman–Crippen LogP) is 2.41. The van der Waals surface area contributed by atoms with Crippen LogP contribution in [-0.4, -0.2) is 9.78 Å². The van der Waals surface area contributed by atoms with E-state index >= 15 is 0 Å². The van der Waals surface area contributed by atoms with Crippen molar-refractivity contribution < 1.29 is 0 Å². The van der Waals surface area contributed by atoms with E-state index in [0.29, 0.717) is 5.92 Å². The van der Waals surface area contributed by atoms with Gasteiger partial charge in [-0.2, -0.15) is 5.10 Å². The van der Waals surface area contributed by atoms with E-state index in [9.17, 15) is 0 Å². The zero-order valence-corrected chi connectivity index (χ0v) is 8.54. The molecule has 0 saturated carbocycles. The SMILES string of the molecule is CC(C)C1=CCCc2c1cnn2C. The van der Waals surface area contributed by atoms with E-state index in [1.165, 1.54) is 23.3 Å². The van der Waals surface area contributed by atoms with Gasteiger partial charge in [-0.15, -0.1) is 0 Å². The first kappa shape index (κ1) is 8.54. The Morgan fingerprint density at radius 2 is 2.23 bits per heavy atom. The molecular formula is C11H16N2. The second-order valence-electron chi connectivity index (χ2n) is 3.98. The summed E-state index contributed by atoms with van der Waals surface area (Å²) in [4.78, 5) is 0. The van der Waals surface area contributed by atoms with Gasteiger partial charge in [0.05, 0.1) is 6.20 Å². The van der Waals surface area contributed by atoms with Crippen molar-refractivity contribution >= 4 is 5.57 Å². The molecule has 70 valence electrons. The summed E-state index contributed by atoms with van der Waals surface area (Å²) in [5, 5.41) is 4.31. The second-order valence-corrected chi connectivity index (χ2v) is 3.98. The van der Waals surface area contributed by atoms with Crippen LogP contribution in [0.5, 0.6) is 0 Å². The van der Waals surface area contributed by atoms with Gasteiger partial charge in [-0.25, -0.2) is 0 Å². The highest BCUT2D eigenvalue weighted by atomic mass is 15.3. The van der Waals surface area contributed by atoms with Crippen molar-refractivity contribution in [2.75, 3.05) is 0 Å². The largest absolute Gasteiger partial charge is 0.272 e. The van der Waals surface area contributed by atoms with Gasteiger partial charge >= 0.3 is 0 Å². The number of nitrogens with zero attached hydrogens (tertiary/aromatic N) is 2. The van der Waals surface area contributed by atoms with Gasteiger partial charge in [-0.3, -0.25) is 4.68 Å². The van der Waals surface area contributed by atoms with Crippen LogP contribution in [0.3, 0.4) is 0 Å². The van der Waals surface area contributed by atoms with Crippen LogP contribution in [-0.2, 0) is 13.5 Å². The van der Waals surface area contributed by atoms with Crippen LogP contribution < -0.4 is 0 Å². The average Bonchev–Trinajstić information content (AvgIpc) is 2.48. The highest BCUT2D eigenvalue weighted by molar-refractivity contribution is 5.69. The summed E-state index contributed by atoms with van der Waals surface area (Å²) in [5.74, 6) is 0.614. The first-order valence-electron chi connectivity index (χ1n) is 4.91. The molecule has 2 nitrogen and oxygen atoms in total. The Hall–Kier alpha value is -1.05. The summed E-state index contributed by atoms with van der Waals surface area (Å²) in [5.41, 5.74) is 4.23. The lowest BCUT2D eigenvalue weighted by Gasteiger charge is -2.17. The van der Waals surface area contributed by atoms with E-state index in [0.717, 1.165) is 6.42 Å². The third kappa shape index (κ3) is 1.30. The highest BCUT2D eigenvalue weighted by Gasteiger charge is 2.17. The van der Waals surface area contributed by atoms with Crippen molar-refractivity contribution in [3.8, 4) is 0 Å². The fourth-order valence-electron chi connectivity index (χ4n) is 2.02. The Kier molecular flexibility index (Phi) is 1.98. The molecule has 0 bridgehead atoms. The molecule has 2 heteroatoms. The summed E-state index contributed by atoms with van der Waals surface area (Å²) in [6.07, 6.45) is 6.66. The van der Waals surface area contributed by atoms with Crippen LogP contribution in [0.15, 0.2) is 12.3 Å². The van der Waals surface area contributed by atoms with Gasteiger partial charge in [0.1, 0.15) is 0 Å². The molecule has 1 aromatic rings. The van der Waals surface area contributed by atoms with Gasteiger partial charge in [-0.05, 0) is 24.3 Å². The molecule has 1 heterocycles. The van der Waals surface area contributed by atoms with E-state index in [2.05, 4.69) is 25.0 Å². The molecule has 0 aromatic carbocycles. The maximum absolute atomic E-state index is 4.31. The summed E-state index contributed by atoms with van der Waals surface area (Å²) >= 11 is 0. The molecule has 1 aliphatic carbocycles. The van der Waals surface area contributed by atoms with Crippen LogP contribution in [0, 0.1) is 5.92 Å². The molecule has 0 aliphatic heterocycles. The number of aryl methyl sites for hydroxylation is 1. The van der Waals surface area contributed by atoms with E-state index < -0.39 is 0 Å². The number of hydrogen-bond donors (Lipinski definition) is 0. The Balaban J connectivity index is 2.48. The minimum absolute atomic E-state index is 0.614. The van der Waals surface area contributed by atoms with Crippen LogP contribution >= 0.6 is 0 Å². The molecule has 13 heavy (non-hydrogen) atoms. The fraction of sp³-hybridized carbons (Fsp3) is 0.545. The third-order valence-corrected chi connectivity index (χ3v) is 2.74. The zero-order valence-electron chi connectivity index (χ0n) is 8.54. The number of rotatable bonds is 1. The summed E-state index contributed by atoms with van der Waals surface area (Å²) in [6.45, 7) is 4.49. The van der Waals surface area contributed by atoms with Crippen molar-refractivity contribution in [2.24, 2.45) is 13.0 Å². The summed E-state index contributed by atoms with van der Waals surface area (Å²) in [7, 11) is 2.03. The number of hydrogen-bond acceptors (Lipinski definition) is 1. The molecule has 0 spiro atoms. The lowest BCUT2D eigenvalue weighted by molar-refractivity contribution is 0.699.